The van der Waals surface area contributed by atoms with Crippen LogP contribution in [0.2, 0.25) is 0 Å². The number of carbonyl (C=O) groups is 2. The minimum absolute atomic E-state index is 0.0891. The molecule has 2 unspecified atom stereocenters. The zero-order valence-electron chi connectivity index (χ0n) is 12.0. The Morgan fingerprint density at radius 2 is 2.10 bits per heavy atom. The number of carboxylic acids is 1. The first kappa shape index (κ1) is 15.1. The summed E-state index contributed by atoms with van der Waals surface area (Å²) in [5, 5.41) is 21.5. The van der Waals surface area contributed by atoms with Crippen molar-refractivity contribution in [3.8, 4) is 0 Å². The fraction of sp³-hybridized carbons (Fsp3) is 0.857. The van der Waals surface area contributed by atoms with Crippen LogP contribution in [-0.4, -0.2) is 52.9 Å². The standard InChI is InChI=1S/C14H24N2O4/c1-10-8-16(6-3-11(10)17)13(20)15-9-14(4-2-5-14)7-12(18)19/h10-11,17H,2-9H2,1H3,(H,15,20)(H,18,19). The lowest BCUT2D eigenvalue weighted by Gasteiger charge is -2.42. The molecule has 2 atom stereocenters. The highest BCUT2D eigenvalue weighted by Crippen LogP contribution is 2.43. The summed E-state index contributed by atoms with van der Waals surface area (Å²) in [6.07, 6.45) is 3.18. The van der Waals surface area contributed by atoms with Gasteiger partial charge < -0.3 is 20.4 Å². The van der Waals surface area contributed by atoms with Gasteiger partial charge >= 0.3 is 12.0 Å². The molecule has 0 aromatic heterocycles. The van der Waals surface area contributed by atoms with Gasteiger partial charge in [-0.05, 0) is 30.6 Å². The van der Waals surface area contributed by atoms with Crippen molar-refractivity contribution in [3.05, 3.63) is 0 Å². The fourth-order valence-corrected chi connectivity index (χ4v) is 3.11. The second-order valence-electron chi connectivity index (χ2n) is 6.36. The number of carboxylic acid groups (broad SMARTS) is 1. The molecule has 3 N–H and O–H groups in total. The molecular weight excluding hydrogens is 260 g/mol. The Morgan fingerprint density at radius 3 is 2.60 bits per heavy atom. The molecule has 114 valence electrons. The van der Waals surface area contributed by atoms with Crippen LogP contribution >= 0.6 is 0 Å². The van der Waals surface area contributed by atoms with E-state index in [-0.39, 0.29) is 29.9 Å². The van der Waals surface area contributed by atoms with E-state index in [2.05, 4.69) is 5.32 Å². The average Bonchev–Trinajstić information content (AvgIpc) is 2.35. The highest BCUT2D eigenvalue weighted by molar-refractivity contribution is 5.74. The number of rotatable bonds is 4. The van der Waals surface area contributed by atoms with E-state index in [1.54, 1.807) is 4.90 Å². The van der Waals surface area contributed by atoms with Crippen molar-refractivity contribution >= 4 is 12.0 Å². The van der Waals surface area contributed by atoms with Crippen LogP contribution in [0.5, 0.6) is 0 Å². The molecule has 1 aliphatic heterocycles. The lowest BCUT2D eigenvalue weighted by molar-refractivity contribution is -0.141. The Labute approximate surface area is 119 Å². The van der Waals surface area contributed by atoms with Crippen LogP contribution < -0.4 is 5.32 Å². The first-order valence-corrected chi connectivity index (χ1v) is 7.34. The van der Waals surface area contributed by atoms with Crippen molar-refractivity contribution in [1.29, 1.82) is 0 Å². The lowest BCUT2D eigenvalue weighted by atomic mass is 9.66. The number of aliphatic carboxylic acids is 1. The Bertz CT molecular complexity index is 381. The number of aliphatic hydroxyl groups excluding tert-OH is 1. The highest BCUT2D eigenvalue weighted by Gasteiger charge is 2.39. The second-order valence-corrected chi connectivity index (χ2v) is 6.36. The van der Waals surface area contributed by atoms with Crippen LogP contribution in [0.1, 0.15) is 39.0 Å². The van der Waals surface area contributed by atoms with Gasteiger partial charge in [0.1, 0.15) is 0 Å². The van der Waals surface area contributed by atoms with Crippen molar-refractivity contribution in [2.24, 2.45) is 11.3 Å². The van der Waals surface area contributed by atoms with E-state index in [4.69, 9.17) is 5.11 Å². The Kier molecular flexibility index (Phi) is 4.52. The molecule has 2 fully saturated rings. The molecular formula is C14H24N2O4. The summed E-state index contributed by atoms with van der Waals surface area (Å²) >= 11 is 0. The molecule has 2 rings (SSSR count). The number of nitrogens with one attached hydrogen (secondary N) is 1. The zero-order chi connectivity index (χ0) is 14.8. The maximum atomic E-state index is 12.1. The molecule has 1 saturated heterocycles. The summed E-state index contributed by atoms with van der Waals surface area (Å²) in [5.41, 5.74) is -0.248. The lowest BCUT2D eigenvalue weighted by Crippen LogP contribution is -2.52. The third-order valence-corrected chi connectivity index (χ3v) is 4.70. The molecule has 2 aliphatic rings. The zero-order valence-corrected chi connectivity index (χ0v) is 12.0. The van der Waals surface area contributed by atoms with Gasteiger partial charge in [-0.2, -0.15) is 0 Å². The van der Waals surface area contributed by atoms with Crippen molar-refractivity contribution in [2.75, 3.05) is 19.6 Å². The first-order valence-electron chi connectivity index (χ1n) is 7.34. The number of aliphatic hydroxyl groups is 1. The van der Waals surface area contributed by atoms with Crippen LogP contribution in [0.25, 0.3) is 0 Å². The number of hydrogen-bond acceptors (Lipinski definition) is 3. The Morgan fingerprint density at radius 1 is 1.40 bits per heavy atom. The van der Waals surface area contributed by atoms with Gasteiger partial charge in [0.2, 0.25) is 0 Å². The molecule has 0 aromatic rings. The predicted molar refractivity (Wildman–Crippen MR) is 73.3 cm³/mol. The van der Waals surface area contributed by atoms with Gasteiger partial charge in [-0.1, -0.05) is 13.3 Å². The van der Waals surface area contributed by atoms with Crippen LogP contribution in [0.3, 0.4) is 0 Å². The summed E-state index contributed by atoms with van der Waals surface area (Å²) in [7, 11) is 0. The van der Waals surface area contributed by atoms with Gasteiger partial charge in [0.05, 0.1) is 12.5 Å². The summed E-state index contributed by atoms with van der Waals surface area (Å²) in [4.78, 5) is 24.7. The molecule has 2 amide bonds. The highest BCUT2D eigenvalue weighted by atomic mass is 16.4. The molecule has 6 nitrogen and oxygen atoms in total. The van der Waals surface area contributed by atoms with Crippen LogP contribution in [0, 0.1) is 11.3 Å². The monoisotopic (exact) mass is 284 g/mol. The van der Waals surface area contributed by atoms with Crippen molar-refractivity contribution < 1.29 is 19.8 Å². The van der Waals surface area contributed by atoms with E-state index in [1.165, 1.54) is 0 Å². The third-order valence-electron chi connectivity index (χ3n) is 4.70. The van der Waals surface area contributed by atoms with Gasteiger partial charge in [0, 0.05) is 19.6 Å². The van der Waals surface area contributed by atoms with Gasteiger partial charge in [-0.3, -0.25) is 4.79 Å². The normalized spacial score (nSPS) is 28.6. The second kappa shape index (κ2) is 5.99. The fourth-order valence-electron chi connectivity index (χ4n) is 3.11. The molecule has 0 aromatic carbocycles. The SMILES string of the molecule is CC1CN(C(=O)NCC2(CC(=O)O)CCC2)CCC1O. The van der Waals surface area contributed by atoms with E-state index in [0.717, 1.165) is 19.3 Å². The predicted octanol–water partition coefficient (Wildman–Crippen LogP) is 1.04. The Balaban J connectivity index is 1.81. The maximum Gasteiger partial charge on any atom is 0.317 e. The van der Waals surface area contributed by atoms with Crippen molar-refractivity contribution in [2.45, 2.75) is 45.1 Å². The molecule has 0 bridgehead atoms. The molecule has 20 heavy (non-hydrogen) atoms. The van der Waals surface area contributed by atoms with Gasteiger partial charge in [-0.15, -0.1) is 0 Å². The number of hydrogen-bond donors (Lipinski definition) is 3. The number of urea groups is 1. The summed E-state index contributed by atoms with van der Waals surface area (Å²) < 4.78 is 0. The van der Waals surface area contributed by atoms with E-state index in [1.807, 2.05) is 6.92 Å². The van der Waals surface area contributed by atoms with Gasteiger partial charge in [0.15, 0.2) is 0 Å². The average molecular weight is 284 g/mol. The van der Waals surface area contributed by atoms with E-state index in [9.17, 15) is 14.7 Å². The molecule has 1 saturated carbocycles. The van der Waals surface area contributed by atoms with Crippen LogP contribution in [-0.2, 0) is 4.79 Å². The number of carbonyl (C=O) groups excluding carboxylic acids is 1. The largest absolute Gasteiger partial charge is 0.481 e. The number of likely N-dealkylation sites (tertiary alicyclic amines) is 1. The van der Waals surface area contributed by atoms with E-state index >= 15 is 0 Å². The summed E-state index contributed by atoms with van der Waals surface area (Å²) in [5.74, 6) is -0.708. The third kappa shape index (κ3) is 3.42. The first-order chi connectivity index (χ1) is 9.42. The molecule has 6 heteroatoms. The Hall–Kier alpha value is -1.30. The minimum Gasteiger partial charge on any atom is -0.481 e. The number of amides is 2. The minimum atomic E-state index is -0.798. The smallest absolute Gasteiger partial charge is 0.317 e. The number of nitrogens with zero attached hydrogens (tertiary/aromatic N) is 1. The van der Waals surface area contributed by atoms with Crippen molar-refractivity contribution in [3.63, 3.8) is 0 Å². The molecule has 0 spiro atoms. The van der Waals surface area contributed by atoms with E-state index < -0.39 is 5.97 Å². The maximum absolute atomic E-state index is 12.1. The quantitative estimate of drug-likeness (QED) is 0.719. The van der Waals surface area contributed by atoms with Crippen LogP contribution in [0.4, 0.5) is 4.79 Å². The number of piperidine rings is 1. The van der Waals surface area contributed by atoms with Gasteiger partial charge in [-0.25, -0.2) is 4.79 Å². The van der Waals surface area contributed by atoms with Crippen LogP contribution in [0.15, 0.2) is 0 Å². The molecule has 1 heterocycles. The van der Waals surface area contributed by atoms with Crippen molar-refractivity contribution in [1.82, 2.24) is 10.2 Å². The topological polar surface area (TPSA) is 89.9 Å². The molecule has 1 aliphatic carbocycles. The van der Waals surface area contributed by atoms with Gasteiger partial charge in [0.25, 0.3) is 0 Å². The summed E-state index contributed by atoms with van der Waals surface area (Å²) in [6.45, 7) is 3.48. The summed E-state index contributed by atoms with van der Waals surface area (Å²) in [6, 6.07) is -0.139. The van der Waals surface area contributed by atoms with E-state index in [0.29, 0.717) is 26.1 Å². The molecule has 0 radical (unpaired) electrons.